The summed E-state index contributed by atoms with van der Waals surface area (Å²) in [5.41, 5.74) is 0.433. The minimum atomic E-state index is -0.574. The molecule has 7 nitrogen and oxygen atoms in total. The molecule has 0 saturated heterocycles. The van der Waals surface area contributed by atoms with E-state index in [2.05, 4.69) is 20.9 Å². The molecule has 3 amide bonds. The number of benzene rings is 1. The number of hydrogen-bond donors (Lipinski definition) is 3. The van der Waals surface area contributed by atoms with Crippen LogP contribution in [0.15, 0.2) is 30.6 Å². The lowest BCUT2D eigenvalue weighted by Gasteiger charge is -2.19. The van der Waals surface area contributed by atoms with Crippen molar-refractivity contribution in [2.45, 2.75) is 32.2 Å². The Morgan fingerprint density at radius 1 is 1.35 bits per heavy atom. The third-order valence-corrected chi connectivity index (χ3v) is 4.34. The number of aryl methyl sites for hydroxylation is 1. The highest BCUT2D eigenvalue weighted by molar-refractivity contribution is 5.93. The highest BCUT2D eigenvalue weighted by Gasteiger charge is 2.35. The van der Waals surface area contributed by atoms with E-state index in [9.17, 15) is 14.0 Å². The standard InChI is InChI=1S/C18H22FN5O2/c1-3-15(25)21-12-6-7-13(19)14(10-12)22-18(26)23-16(11-4-5-11)17-20-8-9-24(17)2/h6-11,16H,3-5H2,1-2H3,(H,21,25)(H2,22,23,26). The first-order chi connectivity index (χ1) is 12.5. The molecule has 1 atom stereocenters. The minimum Gasteiger partial charge on any atom is -0.336 e. The van der Waals surface area contributed by atoms with Gasteiger partial charge in [0.1, 0.15) is 11.6 Å². The number of anilines is 2. The predicted molar refractivity (Wildman–Crippen MR) is 96.1 cm³/mol. The van der Waals surface area contributed by atoms with Crippen LogP contribution in [0.25, 0.3) is 0 Å². The van der Waals surface area contributed by atoms with E-state index in [1.807, 2.05) is 17.8 Å². The van der Waals surface area contributed by atoms with Crippen LogP contribution < -0.4 is 16.0 Å². The average Bonchev–Trinajstić information content (AvgIpc) is 3.37. The number of halogens is 1. The Bertz CT molecular complexity index is 816. The number of carbonyl (C=O) groups is 2. The van der Waals surface area contributed by atoms with E-state index in [4.69, 9.17) is 0 Å². The van der Waals surface area contributed by atoms with Crippen LogP contribution in [0.2, 0.25) is 0 Å². The lowest BCUT2D eigenvalue weighted by atomic mass is 10.1. The van der Waals surface area contributed by atoms with Gasteiger partial charge in [-0.15, -0.1) is 0 Å². The fraction of sp³-hybridized carbons (Fsp3) is 0.389. The molecule has 1 aliphatic carbocycles. The topological polar surface area (TPSA) is 88.1 Å². The molecule has 1 saturated carbocycles. The smallest absolute Gasteiger partial charge is 0.319 e. The molecule has 0 aliphatic heterocycles. The molecule has 1 heterocycles. The van der Waals surface area contributed by atoms with Crippen LogP contribution in [0.3, 0.4) is 0 Å². The quantitative estimate of drug-likeness (QED) is 0.740. The van der Waals surface area contributed by atoms with Gasteiger partial charge in [-0.3, -0.25) is 4.79 Å². The van der Waals surface area contributed by atoms with Gasteiger partial charge in [0.05, 0.1) is 11.7 Å². The molecule has 1 fully saturated rings. The first-order valence-corrected chi connectivity index (χ1v) is 8.62. The summed E-state index contributed by atoms with van der Waals surface area (Å²) in [5, 5.41) is 8.05. The van der Waals surface area contributed by atoms with Gasteiger partial charge in [-0.25, -0.2) is 14.2 Å². The van der Waals surface area contributed by atoms with E-state index in [1.165, 1.54) is 18.2 Å². The second-order valence-electron chi connectivity index (χ2n) is 6.41. The Balaban J connectivity index is 1.70. The molecule has 1 aromatic carbocycles. The van der Waals surface area contributed by atoms with Gasteiger partial charge in [-0.2, -0.15) is 0 Å². The minimum absolute atomic E-state index is 0.00536. The number of amides is 3. The van der Waals surface area contributed by atoms with Gasteiger partial charge in [0.15, 0.2) is 0 Å². The van der Waals surface area contributed by atoms with Gasteiger partial charge in [-0.05, 0) is 37.0 Å². The predicted octanol–water partition coefficient (Wildman–Crippen LogP) is 3.18. The molecular weight excluding hydrogens is 337 g/mol. The van der Waals surface area contributed by atoms with E-state index in [0.717, 1.165) is 18.7 Å². The molecule has 1 unspecified atom stereocenters. The van der Waals surface area contributed by atoms with Crippen LogP contribution in [0.1, 0.15) is 38.1 Å². The maximum atomic E-state index is 14.0. The molecule has 0 spiro atoms. The molecule has 26 heavy (non-hydrogen) atoms. The second kappa shape index (κ2) is 7.55. The van der Waals surface area contributed by atoms with E-state index in [0.29, 0.717) is 18.0 Å². The summed E-state index contributed by atoms with van der Waals surface area (Å²) >= 11 is 0. The Morgan fingerprint density at radius 2 is 2.12 bits per heavy atom. The third kappa shape index (κ3) is 4.19. The fourth-order valence-electron chi connectivity index (χ4n) is 2.75. The van der Waals surface area contributed by atoms with Gasteiger partial charge < -0.3 is 20.5 Å². The molecular formula is C18H22FN5O2. The van der Waals surface area contributed by atoms with Gasteiger partial charge >= 0.3 is 6.03 Å². The summed E-state index contributed by atoms with van der Waals surface area (Å²) in [6, 6.07) is 3.32. The van der Waals surface area contributed by atoms with Crippen LogP contribution in [0.5, 0.6) is 0 Å². The van der Waals surface area contributed by atoms with E-state index >= 15 is 0 Å². The highest BCUT2D eigenvalue weighted by atomic mass is 19.1. The van der Waals surface area contributed by atoms with Crippen molar-refractivity contribution in [3.8, 4) is 0 Å². The number of rotatable bonds is 6. The number of hydrogen-bond acceptors (Lipinski definition) is 3. The SMILES string of the molecule is CCC(=O)Nc1ccc(F)c(NC(=O)NC(c2nccn2C)C2CC2)c1. The van der Waals surface area contributed by atoms with Crippen LogP contribution >= 0.6 is 0 Å². The summed E-state index contributed by atoms with van der Waals surface area (Å²) in [4.78, 5) is 28.2. The van der Waals surface area contributed by atoms with Crippen molar-refractivity contribution in [2.24, 2.45) is 13.0 Å². The normalized spacial score (nSPS) is 14.6. The van der Waals surface area contributed by atoms with Gasteiger partial charge in [0.2, 0.25) is 5.91 Å². The zero-order chi connectivity index (χ0) is 18.7. The molecule has 0 bridgehead atoms. The van der Waals surface area contributed by atoms with Crippen molar-refractivity contribution in [1.82, 2.24) is 14.9 Å². The summed E-state index contributed by atoms with van der Waals surface area (Å²) < 4.78 is 15.9. The van der Waals surface area contributed by atoms with E-state index < -0.39 is 11.8 Å². The molecule has 8 heteroatoms. The van der Waals surface area contributed by atoms with Crippen LogP contribution in [0, 0.1) is 11.7 Å². The monoisotopic (exact) mass is 359 g/mol. The molecule has 0 radical (unpaired) electrons. The Hall–Kier alpha value is -2.90. The number of nitrogens with one attached hydrogen (secondary N) is 3. The summed E-state index contributed by atoms with van der Waals surface area (Å²) in [6.45, 7) is 1.72. The molecule has 1 aliphatic rings. The molecule has 3 N–H and O–H groups in total. The average molecular weight is 359 g/mol. The third-order valence-electron chi connectivity index (χ3n) is 4.34. The highest BCUT2D eigenvalue weighted by Crippen LogP contribution is 2.40. The zero-order valence-corrected chi connectivity index (χ0v) is 14.8. The number of urea groups is 1. The van der Waals surface area contributed by atoms with Crippen molar-refractivity contribution < 1.29 is 14.0 Å². The second-order valence-corrected chi connectivity index (χ2v) is 6.41. The van der Waals surface area contributed by atoms with Crippen molar-refractivity contribution in [3.05, 3.63) is 42.2 Å². The number of carbonyl (C=O) groups excluding carboxylic acids is 2. The Morgan fingerprint density at radius 3 is 2.73 bits per heavy atom. The lowest BCUT2D eigenvalue weighted by molar-refractivity contribution is -0.115. The van der Waals surface area contributed by atoms with Crippen LogP contribution in [0.4, 0.5) is 20.6 Å². The van der Waals surface area contributed by atoms with Crippen molar-refractivity contribution >= 4 is 23.3 Å². The Kier molecular flexibility index (Phi) is 5.20. The first kappa shape index (κ1) is 17.9. The summed E-state index contributed by atoms with van der Waals surface area (Å²) in [6.07, 6.45) is 5.86. The van der Waals surface area contributed by atoms with Crippen molar-refractivity contribution in [2.75, 3.05) is 10.6 Å². The first-order valence-electron chi connectivity index (χ1n) is 8.62. The van der Waals surface area contributed by atoms with Gasteiger partial charge in [-0.1, -0.05) is 6.92 Å². The summed E-state index contributed by atoms with van der Waals surface area (Å²) in [7, 11) is 1.87. The number of aromatic nitrogens is 2. The number of nitrogens with zero attached hydrogens (tertiary/aromatic N) is 2. The largest absolute Gasteiger partial charge is 0.336 e. The molecule has 138 valence electrons. The maximum Gasteiger partial charge on any atom is 0.319 e. The van der Waals surface area contributed by atoms with E-state index in [1.54, 1.807) is 13.1 Å². The van der Waals surface area contributed by atoms with Crippen LogP contribution in [-0.4, -0.2) is 21.5 Å². The lowest BCUT2D eigenvalue weighted by Crippen LogP contribution is -2.35. The number of imidazole rings is 1. The van der Waals surface area contributed by atoms with Crippen LogP contribution in [-0.2, 0) is 11.8 Å². The van der Waals surface area contributed by atoms with E-state index in [-0.39, 0.29) is 17.6 Å². The maximum absolute atomic E-state index is 14.0. The van der Waals surface area contributed by atoms with Crippen molar-refractivity contribution in [3.63, 3.8) is 0 Å². The Labute approximate surface area is 151 Å². The zero-order valence-electron chi connectivity index (χ0n) is 14.8. The summed E-state index contributed by atoms with van der Waals surface area (Å²) in [5.74, 6) is 0.346. The molecule has 1 aromatic heterocycles. The van der Waals surface area contributed by atoms with Gasteiger partial charge in [0.25, 0.3) is 0 Å². The van der Waals surface area contributed by atoms with Gasteiger partial charge in [0, 0.05) is 31.5 Å². The molecule has 3 rings (SSSR count). The fourth-order valence-corrected chi connectivity index (χ4v) is 2.75. The van der Waals surface area contributed by atoms with Crippen molar-refractivity contribution in [1.29, 1.82) is 0 Å². The molecule has 2 aromatic rings.